The Labute approximate surface area is 213 Å². The lowest BCUT2D eigenvalue weighted by Crippen LogP contribution is -2.50. The lowest BCUT2D eigenvalue weighted by molar-refractivity contribution is -0.163. The number of hydrogen-bond acceptors (Lipinski definition) is 10. The molecule has 0 aromatic carbocycles. The minimum Gasteiger partial charge on any atom is -0.397 e. The number of fused-ring (bicyclic) bond motifs is 1. The summed E-state index contributed by atoms with van der Waals surface area (Å²) in [5, 5.41) is 13.7. The fraction of sp³-hybridized carbons (Fsp3) is 0.400. The van der Waals surface area contributed by atoms with Crippen LogP contribution in [0.4, 0.5) is 5.82 Å². The molecule has 0 spiro atoms. The van der Waals surface area contributed by atoms with Crippen LogP contribution in [0.1, 0.15) is 60.3 Å². The highest BCUT2D eigenvalue weighted by Crippen LogP contribution is 2.42. The number of aromatic nitrogens is 4. The third kappa shape index (κ3) is 4.90. The molecule has 3 aromatic rings. The number of pyridine rings is 1. The van der Waals surface area contributed by atoms with Gasteiger partial charge in [-0.25, -0.2) is 10.5 Å². The molecule has 0 saturated heterocycles. The highest BCUT2D eigenvalue weighted by Gasteiger charge is 2.44. The summed E-state index contributed by atoms with van der Waals surface area (Å²) in [6.07, 6.45) is 4.89. The third-order valence-corrected chi connectivity index (χ3v) is 6.83. The van der Waals surface area contributed by atoms with Gasteiger partial charge in [-0.05, 0) is 38.7 Å². The van der Waals surface area contributed by atoms with Crippen molar-refractivity contribution in [2.75, 3.05) is 26.1 Å². The van der Waals surface area contributed by atoms with Gasteiger partial charge in [0.25, 0.3) is 5.91 Å². The Hall–Kier alpha value is -3.87. The molecule has 1 aliphatic rings. The topological polar surface area (TPSA) is 180 Å². The molecule has 0 bridgehead atoms. The van der Waals surface area contributed by atoms with Crippen molar-refractivity contribution in [1.82, 2.24) is 25.1 Å². The Morgan fingerprint density at radius 2 is 2.00 bits per heavy atom. The molecule has 0 radical (unpaired) electrons. The largest absolute Gasteiger partial charge is 0.397 e. The summed E-state index contributed by atoms with van der Waals surface area (Å²) in [5.41, 5.74) is 16.4. The smallest absolute Gasteiger partial charge is 0.275 e. The van der Waals surface area contributed by atoms with Crippen molar-refractivity contribution in [3.8, 4) is 11.1 Å². The lowest BCUT2D eigenvalue weighted by atomic mass is 9.76. The first-order chi connectivity index (χ1) is 17.7. The van der Waals surface area contributed by atoms with Crippen molar-refractivity contribution >= 4 is 28.9 Å². The second-order valence-electron chi connectivity index (χ2n) is 9.12. The number of carbonyl (C=O) groups excluding carboxylic acids is 2. The van der Waals surface area contributed by atoms with E-state index in [0.717, 1.165) is 5.56 Å². The van der Waals surface area contributed by atoms with Gasteiger partial charge in [0.05, 0.1) is 42.1 Å². The van der Waals surface area contributed by atoms with Crippen molar-refractivity contribution in [1.29, 1.82) is 0 Å². The van der Waals surface area contributed by atoms with E-state index in [-0.39, 0.29) is 24.1 Å². The Bertz CT molecular complexity index is 1330. The monoisotopic (exact) mass is 509 g/mol. The lowest BCUT2D eigenvalue weighted by Gasteiger charge is -2.38. The predicted octanol–water partition coefficient (Wildman–Crippen LogP) is 2.07. The number of hydroxylamine groups is 1. The number of ketones is 1. The number of amides is 1. The van der Waals surface area contributed by atoms with Crippen LogP contribution >= 0.6 is 0 Å². The van der Waals surface area contributed by atoms with E-state index in [4.69, 9.17) is 25.9 Å². The molecule has 4 rings (SSSR count). The van der Waals surface area contributed by atoms with E-state index >= 15 is 0 Å². The van der Waals surface area contributed by atoms with Crippen LogP contribution in [0.25, 0.3) is 22.5 Å². The van der Waals surface area contributed by atoms with Gasteiger partial charge in [-0.2, -0.15) is 9.61 Å². The number of hydrogen-bond donors (Lipinski definition) is 4. The van der Waals surface area contributed by atoms with Crippen molar-refractivity contribution in [2.45, 2.75) is 44.1 Å². The summed E-state index contributed by atoms with van der Waals surface area (Å²) >= 11 is 0. The highest BCUT2D eigenvalue weighted by atomic mass is 16.5. The summed E-state index contributed by atoms with van der Waals surface area (Å²) in [4.78, 5) is 34.4. The number of rotatable bonds is 9. The van der Waals surface area contributed by atoms with E-state index in [1.807, 2.05) is 6.07 Å². The van der Waals surface area contributed by atoms with Crippen molar-refractivity contribution in [3.05, 3.63) is 48.1 Å². The van der Waals surface area contributed by atoms with Gasteiger partial charge < -0.3 is 20.9 Å². The summed E-state index contributed by atoms with van der Waals surface area (Å²) in [6, 6.07) is 3.60. The maximum absolute atomic E-state index is 12.7. The molecule has 1 fully saturated rings. The molecule has 0 aliphatic heterocycles. The van der Waals surface area contributed by atoms with Gasteiger partial charge in [0.1, 0.15) is 11.4 Å². The van der Waals surface area contributed by atoms with Crippen LogP contribution in [0.2, 0.25) is 0 Å². The standard InChI is InChI=1S/C25H31N7O5/c1-14(26)19-5-4-17(12-28-19)18-13-29-32-22(27)20(15(2)33)21(30-23(18)32)16-6-8-25(9-7-16,24(34)31-35)37-11-10-36-3/h4-5,12-13,16,35H,1,6-11,26-27H2,2-3H3,(H,31,34)/t16-,25-. The number of carbonyl (C=O) groups is 2. The minimum atomic E-state index is -1.20. The summed E-state index contributed by atoms with van der Waals surface area (Å²) in [7, 11) is 1.54. The number of ether oxygens (including phenoxy) is 2. The van der Waals surface area contributed by atoms with Gasteiger partial charge in [-0.1, -0.05) is 12.6 Å². The molecule has 1 amide bonds. The van der Waals surface area contributed by atoms with Crippen LogP contribution in [0, 0.1) is 0 Å². The molecule has 12 nitrogen and oxygen atoms in total. The molecule has 0 unspecified atom stereocenters. The summed E-state index contributed by atoms with van der Waals surface area (Å²) < 4.78 is 12.3. The maximum atomic E-state index is 12.7. The van der Waals surface area contributed by atoms with Crippen LogP contribution in [0.3, 0.4) is 0 Å². The van der Waals surface area contributed by atoms with Gasteiger partial charge in [-0.3, -0.25) is 19.8 Å². The van der Waals surface area contributed by atoms with Crippen molar-refractivity contribution < 1.29 is 24.3 Å². The van der Waals surface area contributed by atoms with E-state index in [9.17, 15) is 14.8 Å². The number of nitrogens with one attached hydrogen (secondary N) is 1. The molecule has 3 aromatic heterocycles. The Morgan fingerprint density at radius 1 is 1.27 bits per heavy atom. The van der Waals surface area contributed by atoms with Crippen molar-refractivity contribution in [2.24, 2.45) is 5.73 Å². The number of nitrogens with zero attached hydrogens (tertiary/aromatic N) is 4. The molecular formula is C25H31N7O5. The molecule has 1 aliphatic carbocycles. The Morgan fingerprint density at radius 3 is 2.57 bits per heavy atom. The fourth-order valence-corrected chi connectivity index (χ4v) is 4.85. The highest BCUT2D eigenvalue weighted by molar-refractivity contribution is 6.00. The molecule has 12 heteroatoms. The van der Waals surface area contributed by atoms with E-state index in [0.29, 0.717) is 66.1 Å². The Kier molecular flexibility index (Phi) is 7.52. The maximum Gasteiger partial charge on any atom is 0.275 e. The van der Waals surface area contributed by atoms with Crippen LogP contribution in [-0.4, -0.2) is 62.4 Å². The Balaban J connectivity index is 1.72. The number of nitrogens with two attached hydrogens (primary N) is 2. The molecule has 37 heavy (non-hydrogen) atoms. The van der Waals surface area contributed by atoms with Crippen molar-refractivity contribution in [3.63, 3.8) is 0 Å². The first-order valence-corrected chi connectivity index (χ1v) is 11.9. The molecule has 1 saturated carbocycles. The van der Waals surface area contributed by atoms with Gasteiger partial charge in [-0.15, -0.1) is 0 Å². The zero-order chi connectivity index (χ0) is 26.7. The zero-order valence-corrected chi connectivity index (χ0v) is 20.9. The van der Waals surface area contributed by atoms with E-state index < -0.39 is 11.5 Å². The second-order valence-corrected chi connectivity index (χ2v) is 9.12. The van der Waals surface area contributed by atoms with Crippen LogP contribution < -0.4 is 16.9 Å². The number of nitrogen functional groups attached to an aromatic ring is 1. The molecular weight excluding hydrogens is 478 g/mol. The average molecular weight is 510 g/mol. The summed E-state index contributed by atoms with van der Waals surface area (Å²) in [5.74, 6) is -0.806. The fourth-order valence-electron chi connectivity index (χ4n) is 4.85. The van der Waals surface area contributed by atoms with Crippen LogP contribution in [0.5, 0.6) is 0 Å². The van der Waals surface area contributed by atoms with E-state index in [2.05, 4.69) is 16.7 Å². The number of methoxy groups -OCH3 is 1. The van der Waals surface area contributed by atoms with Gasteiger partial charge in [0.2, 0.25) is 0 Å². The zero-order valence-electron chi connectivity index (χ0n) is 20.9. The van der Waals surface area contributed by atoms with Gasteiger partial charge >= 0.3 is 0 Å². The first kappa shape index (κ1) is 26.2. The first-order valence-electron chi connectivity index (χ1n) is 11.9. The van der Waals surface area contributed by atoms with Crippen LogP contribution in [-0.2, 0) is 14.3 Å². The van der Waals surface area contributed by atoms with E-state index in [1.54, 1.807) is 31.0 Å². The molecule has 6 N–H and O–H groups in total. The molecule has 196 valence electrons. The average Bonchev–Trinajstić information content (AvgIpc) is 3.33. The minimum absolute atomic E-state index is 0.166. The second kappa shape index (κ2) is 10.6. The number of anilines is 1. The quantitative estimate of drug-likeness (QED) is 0.144. The molecule has 0 atom stereocenters. The van der Waals surface area contributed by atoms with Crippen LogP contribution in [0.15, 0.2) is 31.1 Å². The SMILES string of the molecule is C=C(N)c1ccc(-c2cnn3c(N)c(C(C)=O)c([C@H]4CC[C@@](OCCOC)(C(=O)NO)CC4)nc23)cn1. The summed E-state index contributed by atoms with van der Waals surface area (Å²) in [6.45, 7) is 5.65. The normalized spacial score (nSPS) is 19.6. The third-order valence-electron chi connectivity index (χ3n) is 6.83. The van der Waals surface area contributed by atoms with Gasteiger partial charge in [0.15, 0.2) is 11.4 Å². The van der Waals surface area contributed by atoms with Gasteiger partial charge in [0, 0.05) is 30.4 Å². The molecule has 3 heterocycles. The predicted molar refractivity (Wildman–Crippen MR) is 136 cm³/mol. The van der Waals surface area contributed by atoms with E-state index in [1.165, 1.54) is 11.4 Å². The number of Topliss-reactive ketones (excluding diaryl/α,β-unsaturated/α-hetero) is 1.